The monoisotopic (exact) mass is 683 g/mol. The fourth-order valence-electron chi connectivity index (χ4n) is 8.93. The zero-order valence-corrected chi connectivity index (χ0v) is 28.3. The molecule has 50 heavy (non-hydrogen) atoms. The van der Waals surface area contributed by atoms with Crippen molar-refractivity contribution in [1.82, 2.24) is 19.9 Å². The first-order valence-electron chi connectivity index (χ1n) is 18.0. The van der Waals surface area contributed by atoms with E-state index in [1.54, 1.807) is 6.20 Å². The molecule has 2 aromatic carbocycles. The first-order chi connectivity index (χ1) is 24.4. The van der Waals surface area contributed by atoms with Crippen LogP contribution in [0.15, 0.2) is 30.5 Å². The van der Waals surface area contributed by atoms with Crippen molar-refractivity contribution in [1.29, 1.82) is 0 Å². The SMILES string of the molecule is C#Cc1c(F)ccc2cc(O)cc(-c3ncc4c(N5CCCOCC5)nc(OC[C@]56CCCC5N(CC5CCOCC5)CCC6)nc4c3F)c12. The van der Waals surface area contributed by atoms with Crippen molar-refractivity contribution in [2.24, 2.45) is 11.3 Å². The van der Waals surface area contributed by atoms with Gasteiger partial charge in [0.1, 0.15) is 28.6 Å². The van der Waals surface area contributed by atoms with Crippen molar-refractivity contribution in [2.75, 3.05) is 64.1 Å². The van der Waals surface area contributed by atoms with E-state index in [1.807, 2.05) is 0 Å². The van der Waals surface area contributed by atoms with Gasteiger partial charge < -0.3 is 24.2 Å². The number of aromatic nitrogens is 3. The summed E-state index contributed by atoms with van der Waals surface area (Å²) in [4.78, 5) is 18.9. The Morgan fingerprint density at radius 1 is 0.980 bits per heavy atom. The standard InChI is InChI=1S/C39H43F2N5O4/c1-2-28-31(40)8-7-26-20-27(47)21-29(33(26)28)35-34(41)36-30(22-42-35)37(45-14-5-16-48-19-15-45)44-38(43-36)50-24-39-11-3-6-32(39)46(13-4-12-39)23-25-9-17-49-18-10-25/h1,7-8,20-22,25,32,47H,3-6,9-19,23-24H2/t32?,39-/m1/s1. The molecule has 5 heterocycles. The molecule has 0 bridgehead atoms. The highest BCUT2D eigenvalue weighted by atomic mass is 19.1. The Kier molecular flexibility index (Phi) is 9.19. The number of fused-ring (bicyclic) bond motifs is 3. The number of hydrogen-bond donors (Lipinski definition) is 1. The van der Waals surface area contributed by atoms with Gasteiger partial charge in [0.05, 0.1) is 24.2 Å². The molecule has 1 aliphatic carbocycles. The minimum Gasteiger partial charge on any atom is -0.508 e. The number of halogens is 2. The predicted octanol–water partition coefficient (Wildman–Crippen LogP) is 6.48. The molecule has 0 amide bonds. The maximum absolute atomic E-state index is 16.9. The maximum atomic E-state index is 16.9. The highest BCUT2D eigenvalue weighted by Crippen LogP contribution is 2.48. The molecule has 4 aliphatic rings. The third kappa shape index (κ3) is 6.12. The van der Waals surface area contributed by atoms with Crippen LogP contribution in [0.25, 0.3) is 32.9 Å². The van der Waals surface area contributed by atoms with Crippen LogP contribution in [0.5, 0.6) is 11.8 Å². The average Bonchev–Trinajstić information content (AvgIpc) is 3.38. The second-order valence-corrected chi connectivity index (χ2v) is 14.3. The summed E-state index contributed by atoms with van der Waals surface area (Å²) >= 11 is 0. The topological polar surface area (TPSA) is 93.1 Å². The normalized spacial score (nSPS) is 23.5. The Bertz CT molecular complexity index is 1940. The molecule has 0 spiro atoms. The summed E-state index contributed by atoms with van der Waals surface area (Å²) in [6.45, 7) is 6.74. The van der Waals surface area contributed by atoms with Crippen LogP contribution in [0.3, 0.4) is 0 Å². The number of anilines is 1. The summed E-state index contributed by atoms with van der Waals surface area (Å²) in [6.07, 6.45) is 15.8. The van der Waals surface area contributed by atoms with Crippen molar-refractivity contribution in [2.45, 2.75) is 57.4 Å². The zero-order valence-electron chi connectivity index (χ0n) is 28.3. The lowest BCUT2D eigenvalue weighted by molar-refractivity contribution is -0.0203. The Hall–Kier alpha value is -4.11. The molecule has 3 saturated heterocycles. The van der Waals surface area contributed by atoms with Gasteiger partial charge in [-0.1, -0.05) is 18.4 Å². The molecule has 9 nitrogen and oxygen atoms in total. The van der Waals surface area contributed by atoms with Crippen LogP contribution in [0, 0.1) is 35.3 Å². The maximum Gasteiger partial charge on any atom is 0.319 e. The molecule has 3 aliphatic heterocycles. The largest absolute Gasteiger partial charge is 0.508 e. The number of pyridine rings is 1. The van der Waals surface area contributed by atoms with Crippen LogP contribution < -0.4 is 9.64 Å². The molecule has 1 unspecified atom stereocenters. The smallest absolute Gasteiger partial charge is 0.319 e. The molecule has 2 aromatic heterocycles. The molecule has 8 rings (SSSR count). The third-order valence-corrected chi connectivity index (χ3v) is 11.4. The number of nitrogens with zero attached hydrogens (tertiary/aromatic N) is 5. The Labute approximate surface area is 291 Å². The number of rotatable bonds is 7. The quantitative estimate of drug-likeness (QED) is 0.220. The summed E-state index contributed by atoms with van der Waals surface area (Å²) in [5.41, 5.74) is 0.0780. The fourth-order valence-corrected chi connectivity index (χ4v) is 8.93. The van der Waals surface area contributed by atoms with Crippen molar-refractivity contribution in [3.8, 4) is 35.4 Å². The molecular weight excluding hydrogens is 640 g/mol. The predicted molar refractivity (Wildman–Crippen MR) is 187 cm³/mol. The lowest BCUT2D eigenvalue weighted by atomic mass is 9.75. The van der Waals surface area contributed by atoms with Gasteiger partial charge in [-0.05, 0) is 81.0 Å². The second kappa shape index (κ2) is 13.9. The number of aromatic hydroxyl groups is 1. The van der Waals surface area contributed by atoms with Crippen LogP contribution in [-0.4, -0.2) is 90.2 Å². The first-order valence-corrected chi connectivity index (χ1v) is 18.0. The van der Waals surface area contributed by atoms with Crippen molar-refractivity contribution < 1.29 is 28.1 Å². The van der Waals surface area contributed by atoms with E-state index in [0.29, 0.717) is 66.8 Å². The van der Waals surface area contributed by atoms with Crippen LogP contribution in [0.4, 0.5) is 14.6 Å². The number of terminal acetylenes is 1. The molecule has 2 atom stereocenters. The number of piperidine rings is 1. The van der Waals surface area contributed by atoms with E-state index < -0.39 is 11.6 Å². The van der Waals surface area contributed by atoms with Gasteiger partial charge >= 0.3 is 6.01 Å². The summed E-state index contributed by atoms with van der Waals surface area (Å²) < 4.78 is 49.8. The van der Waals surface area contributed by atoms with Crippen LogP contribution >= 0.6 is 0 Å². The minimum absolute atomic E-state index is 0.0174. The van der Waals surface area contributed by atoms with E-state index in [9.17, 15) is 9.50 Å². The summed E-state index contributed by atoms with van der Waals surface area (Å²) in [6, 6.07) is 6.12. The summed E-state index contributed by atoms with van der Waals surface area (Å²) in [7, 11) is 0. The fraction of sp³-hybridized carbons (Fsp3) is 0.513. The van der Waals surface area contributed by atoms with Crippen molar-refractivity contribution >= 4 is 27.5 Å². The van der Waals surface area contributed by atoms with E-state index in [2.05, 4.69) is 20.7 Å². The minimum atomic E-state index is -0.724. The van der Waals surface area contributed by atoms with Crippen molar-refractivity contribution in [3.63, 3.8) is 0 Å². The third-order valence-electron chi connectivity index (χ3n) is 11.4. The number of likely N-dealkylation sites (tertiary alicyclic amines) is 1. The van der Waals surface area contributed by atoms with E-state index in [4.69, 9.17) is 30.6 Å². The van der Waals surface area contributed by atoms with E-state index in [-0.39, 0.29) is 39.5 Å². The van der Waals surface area contributed by atoms with Gasteiger partial charge in [0.25, 0.3) is 0 Å². The van der Waals surface area contributed by atoms with Gasteiger partial charge in [-0.25, -0.2) is 8.78 Å². The Morgan fingerprint density at radius 2 is 1.82 bits per heavy atom. The van der Waals surface area contributed by atoms with E-state index in [1.165, 1.54) is 24.3 Å². The van der Waals surface area contributed by atoms with Gasteiger partial charge in [0, 0.05) is 68.1 Å². The van der Waals surface area contributed by atoms with Crippen LogP contribution in [0.1, 0.15) is 56.9 Å². The van der Waals surface area contributed by atoms with Gasteiger partial charge in [0.15, 0.2) is 5.82 Å². The first kappa shape index (κ1) is 33.1. The van der Waals surface area contributed by atoms with Gasteiger partial charge in [-0.3, -0.25) is 9.88 Å². The number of hydrogen-bond acceptors (Lipinski definition) is 9. The van der Waals surface area contributed by atoms with Gasteiger partial charge in [0.2, 0.25) is 0 Å². The zero-order chi connectivity index (χ0) is 34.2. The molecule has 1 N–H and O–H groups in total. The molecule has 1 saturated carbocycles. The molecule has 262 valence electrons. The highest BCUT2D eigenvalue weighted by molar-refractivity contribution is 6.03. The summed E-state index contributed by atoms with van der Waals surface area (Å²) in [5.74, 6) is 2.14. The number of phenols is 1. The van der Waals surface area contributed by atoms with Crippen LogP contribution in [-0.2, 0) is 9.47 Å². The average molecular weight is 684 g/mol. The van der Waals surface area contributed by atoms with E-state index in [0.717, 1.165) is 77.7 Å². The van der Waals surface area contributed by atoms with Gasteiger partial charge in [-0.2, -0.15) is 9.97 Å². The highest BCUT2D eigenvalue weighted by Gasteiger charge is 2.49. The number of ether oxygens (including phenoxy) is 3. The lowest BCUT2D eigenvalue weighted by Crippen LogP contribution is -2.53. The Balaban J connectivity index is 1.18. The lowest BCUT2D eigenvalue weighted by Gasteiger charge is -2.47. The Morgan fingerprint density at radius 3 is 2.68 bits per heavy atom. The number of phenolic OH excluding ortho intramolecular Hbond substituents is 1. The van der Waals surface area contributed by atoms with E-state index >= 15 is 4.39 Å². The molecule has 4 aromatic rings. The molecule has 11 heteroatoms. The summed E-state index contributed by atoms with van der Waals surface area (Å²) in [5, 5.41) is 11.8. The van der Waals surface area contributed by atoms with Gasteiger partial charge in [-0.15, -0.1) is 6.42 Å². The molecular formula is C39H43F2N5O4. The van der Waals surface area contributed by atoms with Crippen LogP contribution in [0.2, 0.25) is 0 Å². The van der Waals surface area contributed by atoms with Crippen molar-refractivity contribution in [3.05, 3.63) is 47.7 Å². The molecule has 4 fully saturated rings. The molecule has 0 radical (unpaired) electrons. The number of benzene rings is 2. The second-order valence-electron chi connectivity index (χ2n) is 14.3.